The minimum Gasteiger partial charge on any atom is -0.387 e. The van der Waals surface area contributed by atoms with Gasteiger partial charge < -0.3 is 10.4 Å². The maximum atomic E-state index is 14.5. The third-order valence-electron chi connectivity index (χ3n) is 4.13. The minimum atomic E-state index is -0.897. The number of pyridine rings is 3. The van der Waals surface area contributed by atoms with Crippen molar-refractivity contribution in [2.75, 3.05) is 12.4 Å². The van der Waals surface area contributed by atoms with Gasteiger partial charge >= 0.3 is 0 Å². The van der Waals surface area contributed by atoms with Crippen LogP contribution in [-0.2, 0) is 0 Å². The number of aliphatic hydroxyl groups is 1. The van der Waals surface area contributed by atoms with Gasteiger partial charge in [0.1, 0.15) is 11.5 Å². The summed E-state index contributed by atoms with van der Waals surface area (Å²) in [4.78, 5) is 12.8. The molecule has 3 aromatic rings. The normalized spacial score (nSPS) is 12.4. The number of nitrogens with one attached hydrogen (secondary N) is 1. The van der Waals surface area contributed by atoms with E-state index in [-0.39, 0.29) is 5.69 Å². The molecule has 0 spiro atoms. The Labute approximate surface area is 139 Å². The van der Waals surface area contributed by atoms with E-state index in [1.807, 2.05) is 12.1 Å². The molecule has 0 radical (unpaired) electrons. The van der Waals surface area contributed by atoms with E-state index in [0.29, 0.717) is 23.2 Å². The molecule has 24 heavy (non-hydrogen) atoms. The summed E-state index contributed by atoms with van der Waals surface area (Å²) < 4.78 is 14.5. The third kappa shape index (κ3) is 2.80. The van der Waals surface area contributed by atoms with Crippen molar-refractivity contribution in [1.82, 2.24) is 15.0 Å². The van der Waals surface area contributed by atoms with Crippen molar-refractivity contribution in [1.29, 1.82) is 0 Å². The molecular weight excluding hydrogens is 307 g/mol. The lowest BCUT2D eigenvalue weighted by Gasteiger charge is -2.13. The van der Waals surface area contributed by atoms with Gasteiger partial charge in [0.25, 0.3) is 0 Å². The van der Waals surface area contributed by atoms with E-state index in [0.717, 1.165) is 16.6 Å². The topological polar surface area (TPSA) is 70.9 Å². The Kier molecular flexibility index (Phi) is 4.40. The number of rotatable bonds is 4. The molecule has 0 amide bonds. The quantitative estimate of drug-likeness (QED) is 0.766. The predicted octanol–water partition coefficient (Wildman–Crippen LogP) is 3.62. The number of aliphatic hydroxyl groups excluding tert-OH is 1. The number of fused-ring (bicyclic) bond motifs is 1. The van der Waals surface area contributed by atoms with Crippen LogP contribution >= 0.6 is 0 Å². The highest BCUT2D eigenvalue weighted by atomic mass is 19.1. The lowest BCUT2D eigenvalue weighted by Crippen LogP contribution is -2.06. The zero-order valence-corrected chi connectivity index (χ0v) is 13.8. The van der Waals surface area contributed by atoms with Gasteiger partial charge in [-0.25, -0.2) is 9.37 Å². The SMILES string of the molecule is CCC(O)c1ncc(-c2cc3cnc(NC)cc3cn2)c(C)c1F. The van der Waals surface area contributed by atoms with Gasteiger partial charge in [-0.3, -0.25) is 9.97 Å². The molecule has 3 aromatic heterocycles. The Hall–Kier alpha value is -2.60. The standard InChI is InChI=1S/C18H19FN4O/c1-4-15(24)18-17(19)10(2)13(9-23-18)14-5-11-8-22-16(20-3)6-12(11)7-21-14/h5-9,15,24H,4H2,1-3H3,(H,20,22). The number of halogens is 1. The van der Waals surface area contributed by atoms with Gasteiger partial charge in [-0.05, 0) is 31.0 Å². The van der Waals surface area contributed by atoms with Crippen molar-refractivity contribution >= 4 is 16.6 Å². The molecule has 0 bridgehead atoms. The Morgan fingerprint density at radius 2 is 1.83 bits per heavy atom. The number of anilines is 1. The zero-order valence-electron chi connectivity index (χ0n) is 13.8. The summed E-state index contributed by atoms with van der Waals surface area (Å²) in [5.41, 5.74) is 1.75. The molecule has 0 aliphatic rings. The number of hydrogen-bond donors (Lipinski definition) is 2. The summed E-state index contributed by atoms with van der Waals surface area (Å²) >= 11 is 0. The maximum absolute atomic E-state index is 14.5. The van der Waals surface area contributed by atoms with Crippen LogP contribution in [0.15, 0.2) is 30.7 Å². The molecule has 0 saturated heterocycles. The first-order chi connectivity index (χ1) is 11.5. The summed E-state index contributed by atoms with van der Waals surface area (Å²) in [5.74, 6) is 0.284. The van der Waals surface area contributed by atoms with E-state index in [9.17, 15) is 9.50 Å². The number of aromatic nitrogens is 3. The molecule has 2 N–H and O–H groups in total. The Bertz CT molecular complexity index is 898. The van der Waals surface area contributed by atoms with Crippen LogP contribution in [0.1, 0.15) is 30.7 Å². The van der Waals surface area contributed by atoms with Crippen LogP contribution in [0.4, 0.5) is 10.2 Å². The highest BCUT2D eigenvalue weighted by Gasteiger charge is 2.18. The van der Waals surface area contributed by atoms with Crippen molar-refractivity contribution in [2.24, 2.45) is 0 Å². The predicted molar refractivity (Wildman–Crippen MR) is 92.3 cm³/mol. The van der Waals surface area contributed by atoms with Crippen molar-refractivity contribution < 1.29 is 9.50 Å². The van der Waals surface area contributed by atoms with Crippen molar-refractivity contribution in [3.05, 3.63) is 47.8 Å². The Balaban J connectivity index is 2.08. The molecule has 0 fully saturated rings. The summed E-state index contributed by atoms with van der Waals surface area (Å²) in [7, 11) is 1.81. The van der Waals surface area contributed by atoms with Crippen molar-refractivity contribution in [2.45, 2.75) is 26.4 Å². The molecule has 0 aromatic carbocycles. The molecule has 0 aliphatic heterocycles. The molecule has 5 nitrogen and oxygen atoms in total. The summed E-state index contributed by atoms with van der Waals surface area (Å²) in [6, 6.07) is 3.76. The summed E-state index contributed by atoms with van der Waals surface area (Å²) in [5, 5.41) is 14.7. The minimum absolute atomic E-state index is 0.0832. The van der Waals surface area contributed by atoms with Gasteiger partial charge in [-0.2, -0.15) is 0 Å². The fourth-order valence-electron chi connectivity index (χ4n) is 2.60. The molecule has 0 aliphatic carbocycles. The zero-order chi connectivity index (χ0) is 17.3. The number of hydrogen-bond acceptors (Lipinski definition) is 5. The molecule has 6 heteroatoms. The van der Waals surface area contributed by atoms with E-state index in [2.05, 4.69) is 20.3 Å². The first-order valence-corrected chi connectivity index (χ1v) is 7.82. The van der Waals surface area contributed by atoms with Crippen LogP contribution in [0.25, 0.3) is 22.0 Å². The van der Waals surface area contributed by atoms with E-state index in [1.165, 1.54) is 0 Å². The molecule has 1 unspecified atom stereocenters. The highest BCUT2D eigenvalue weighted by molar-refractivity contribution is 5.86. The van der Waals surface area contributed by atoms with E-state index in [1.54, 1.807) is 39.5 Å². The second-order valence-electron chi connectivity index (χ2n) is 5.66. The molecule has 0 saturated carbocycles. The first-order valence-electron chi connectivity index (χ1n) is 7.82. The Morgan fingerprint density at radius 1 is 1.12 bits per heavy atom. The van der Waals surface area contributed by atoms with Gasteiger partial charge in [-0.15, -0.1) is 0 Å². The molecule has 124 valence electrons. The van der Waals surface area contributed by atoms with Crippen LogP contribution < -0.4 is 5.32 Å². The monoisotopic (exact) mass is 326 g/mol. The summed E-state index contributed by atoms with van der Waals surface area (Å²) in [6.07, 6.45) is 4.57. The van der Waals surface area contributed by atoms with Gasteiger partial charge in [-0.1, -0.05) is 6.92 Å². The van der Waals surface area contributed by atoms with Crippen LogP contribution in [0.5, 0.6) is 0 Å². The van der Waals surface area contributed by atoms with Crippen molar-refractivity contribution in [3.8, 4) is 11.3 Å². The summed E-state index contributed by atoms with van der Waals surface area (Å²) in [6.45, 7) is 3.46. The van der Waals surface area contributed by atoms with Gasteiger partial charge in [0.15, 0.2) is 5.82 Å². The molecule has 3 heterocycles. The fraction of sp³-hybridized carbons (Fsp3) is 0.278. The van der Waals surface area contributed by atoms with Crippen LogP contribution in [0.2, 0.25) is 0 Å². The highest BCUT2D eigenvalue weighted by Crippen LogP contribution is 2.29. The molecule has 1 atom stereocenters. The van der Waals surface area contributed by atoms with E-state index < -0.39 is 11.9 Å². The van der Waals surface area contributed by atoms with Crippen LogP contribution in [-0.4, -0.2) is 27.1 Å². The van der Waals surface area contributed by atoms with Crippen LogP contribution in [0, 0.1) is 12.7 Å². The van der Waals surface area contributed by atoms with Crippen LogP contribution in [0.3, 0.4) is 0 Å². The van der Waals surface area contributed by atoms with Gasteiger partial charge in [0.05, 0.1) is 11.8 Å². The van der Waals surface area contributed by atoms with Gasteiger partial charge in [0, 0.05) is 42.0 Å². The number of nitrogens with zero attached hydrogens (tertiary/aromatic N) is 3. The third-order valence-corrected chi connectivity index (χ3v) is 4.13. The molecular formula is C18H19FN4O. The van der Waals surface area contributed by atoms with E-state index >= 15 is 0 Å². The lowest BCUT2D eigenvalue weighted by molar-refractivity contribution is 0.163. The van der Waals surface area contributed by atoms with E-state index in [4.69, 9.17) is 0 Å². The second-order valence-corrected chi connectivity index (χ2v) is 5.66. The fourth-order valence-corrected chi connectivity index (χ4v) is 2.60. The molecule has 3 rings (SSSR count). The lowest BCUT2D eigenvalue weighted by atomic mass is 10.0. The first kappa shape index (κ1) is 16.3. The van der Waals surface area contributed by atoms with Gasteiger partial charge in [0.2, 0.25) is 0 Å². The smallest absolute Gasteiger partial charge is 0.150 e. The van der Waals surface area contributed by atoms with Crippen molar-refractivity contribution in [3.63, 3.8) is 0 Å². The second kappa shape index (κ2) is 6.49. The average molecular weight is 326 g/mol. The average Bonchev–Trinajstić information content (AvgIpc) is 2.62. The maximum Gasteiger partial charge on any atom is 0.150 e. The largest absolute Gasteiger partial charge is 0.387 e. The Morgan fingerprint density at radius 3 is 2.54 bits per heavy atom.